The first-order chi connectivity index (χ1) is 14.2. The van der Waals surface area contributed by atoms with Gasteiger partial charge in [0.15, 0.2) is 9.84 Å². The molecule has 2 aliphatic rings. The molecule has 1 atom stereocenters. The maximum absolute atomic E-state index is 13.1. The topological polar surface area (TPSA) is 121 Å². The molecule has 0 bridgehead atoms. The Morgan fingerprint density at radius 2 is 1.97 bits per heavy atom. The van der Waals surface area contributed by atoms with E-state index >= 15 is 0 Å². The standard InChI is InChI=1S/C17H23N5O5S3/c1-20(13-5-10-29(24,25)12-13)11-16(23)21-6-8-22(9-7-21)30(26,27)15-4-2-3-14-17(15)19-28-18-14/h2-4,13H,5-12H2,1H3/t13-/m1/s1. The zero-order valence-electron chi connectivity index (χ0n) is 16.5. The van der Waals surface area contributed by atoms with Crippen molar-refractivity contribution in [3.8, 4) is 0 Å². The van der Waals surface area contributed by atoms with Gasteiger partial charge in [-0.15, -0.1) is 0 Å². The van der Waals surface area contributed by atoms with Crippen LogP contribution in [-0.2, 0) is 24.7 Å². The van der Waals surface area contributed by atoms with Gasteiger partial charge in [0.25, 0.3) is 0 Å². The SMILES string of the molecule is CN(CC(=O)N1CCN(S(=O)(=O)c2cccc3nsnc23)CC1)[C@@H]1CCS(=O)(=O)C1. The van der Waals surface area contributed by atoms with Crippen LogP contribution in [0.25, 0.3) is 11.0 Å². The van der Waals surface area contributed by atoms with E-state index in [2.05, 4.69) is 8.75 Å². The van der Waals surface area contributed by atoms with E-state index in [1.807, 2.05) is 0 Å². The van der Waals surface area contributed by atoms with Crippen molar-refractivity contribution in [3.63, 3.8) is 0 Å². The van der Waals surface area contributed by atoms with E-state index in [0.29, 0.717) is 30.5 Å². The number of hydrogen-bond donors (Lipinski definition) is 0. The Balaban J connectivity index is 1.37. The Morgan fingerprint density at radius 1 is 1.23 bits per heavy atom. The molecular formula is C17H23N5O5S3. The van der Waals surface area contributed by atoms with Crippen LogP contribution >= 0.6 is 11.7 Å². The van der Waals surface area contributed by atoms with Crippen molar-refractivity contribution >= 4 is 48.5 Å². The van der Waals surface area contributed by atoms with Crippen LogP contribution < -0.4 is 0 Å². The lowest BCUT2D eigenvalue weighted by Gasteiger charge is -2.35. The fourth-order valence-corrected chi connectivity index (χ4v) is 7.85. The highest BCUT2D eigenvalue weighted by molar-refractivity contribution is 7.91. The summed E-state index contributed by atoms with van der Waals surface area (Å²) in [6.07, 6.45) is 0.537. The van der Waals surface area contributed by atoms with Gasteiger partial charge in [-0.05, 0) is 25.6 Å². The third-order valence-electron chi connectivity index (χ3n) is 5.67. The second-order valence-corrected chi connectivity index (χ2v) is 12.3. The predicted molar refractivity (Wildman–Crippen MR) is 112 cm³/mol. The highest BCUT2D eigenvalue weighted by Crippen LogP contribution is 2.25. The normalized spacial score (nSPS) is 22.7. The largest absolute Gasteiger partial charge is 0.339 e. The molecule has 13 heteroatoms. The third-order valence-corrected chi connectivity index (χ3v) is 9.90. The maximum atomic E-state index is 13.1. The van der Waals surface area contributed by atoms with Gasteiger partial charge < -0.3 is 4.90 Å². The molecule has 0 saturated carbocycles. The first-order valence-corrected chi connectivity index (χ1v) is 13.6. The van der Waals surface area contributed by atoms with Crippen LogP contribution in [0.15, 0.2) is 23.1 Å². The Kier molecular flexibility index (Phi) is 5.83. The minimum Gasteiger partial charge on any atom is -0.339 e. The van der Waals surface area contributed by atoms with Gasteiger partial charge in [0.1, 0.15) is 15.9 Å². The van der Waals surface area contributed by atoms with Crippen LogP contribution in [-0.4, -0.2) is 103 Å². The second-order valence-electron chi connectivity index (χ2n) is 7.64. The molecule has 4 rings (SSSR count). The Labute approximate surface area is 179 Å². The van der Waals surface area contributed by atoms with Gasteiger partial charge in [0.05, 0.1) is 29.8 Å². The summed E-state index contributed by atoms with van der Waals surface area (Å²) in [7, 11) is -4.99. The second kappa shape index (κ2) is 8.11. The van der Waals surface area contributed by atoms with Crippen LogP contribution in [0.4, 0.5) is 0 Å². The quantitative estimate of drug-likeness (QED) is 0.577. The molecule has 3 heterocycles. The Morgan fingerprint density at radius 3 is 2.63 bits per heavy atom. The molecule has 2 fully saturated rings. The van der Waals surface area contributed by atoms with Crippen molar-refractivity contribution < 1.29 is 21.6 Å². The monoisotopic (exact) mass is 473 g/mol. The van der Waals surface area contributed by atoms with Gasteiger partial charge >= 0.3 is 0 Å². The third kappa shape index (κ3) is 4.21. The van der Waals surface area contributed by atoms with Gasteiger partial charge in [-0.25, -0.2) is 16.8 Å². The first kappa shape index (κ1) is 21.6. The van der Waals surface area contributed by atoms with Gasteiger partial charge in [-0.1, -0.05) is 6.07 Å². The molecule has 1 aromatic heterocycles. The molecular weight excluding hydrogens is 450 g/mol. The van der Waals surface area contributed by atoms with Gasteiger partial charge in [-0.2, -0.15) is 13.1 Å². The molecule has 0 spiro atoms. The number of benzene rings is 1. The number of piperazine rings is 1. The minimum atomic E-state index is -3.73. The number of rotatable bonds is 5. The number of fused-ring (bicyclic) bond motifs is 1. The predicted octanol–water partition coefficient (Wildman–Crippen LogP) is -0.357. The summed E-state index contributed by atoms with van der Waals surface area (Å²) < 4.78 is 59.1. The smallest absolute Gasteiger partial charge is 0.245 e. The van der Waals surface area contributed by atoms with Gasteiger partial charge in [-0.3, -0.25) is 9.69 Å². The number of sulfonamides is 1. The molecule has 0 unspecified atom stereocenters. The number of carbonyl (C=O) groups excluding carboxylic acids is 1. The lowest BCUT2D eigenvalue weighted by molar-refractivity contribution is -0.133. The van der Waals surface area contributed by atoms with E-state index in [-0.39, 0.29) is 48.0 Å². The molecule has 0 aliphatic carbocycles. The highest BCUT2D eigenvalue weighted by Gasteiger charge is 2.34. The molecule has 10 nitrogen and oxygen atoms in total. The number of aromatic nitrogens is 2. The molecule has 2 saturated heterocycles. The Bertz CT molecular complexity index is 1160. The zero-order chi connectivity index (χ0) is 21.5. The summed E-state index contributed by atoms with van der Waals surface area (Å²) in [6, 6.07) is 4.75. The van der Waals surface area contributed by atoms with E-state index in [4.69, 9.17) is 0 Å². The number of hydrogen-bond acceptors (Lipinski definition) is 9. The molecule has 2 aliphatic heterocycles. The zero-order valence-corrected chi connectivity index (χ0v) is 18.9. The van der Waals surface area contributed by atoms with Gasteiger partial charge in [0, 0.05) is 32.2 Å². The lowest BCUT2D eigenvalue weighted by atomic mass is 10.2. The number of amides is 1. The molecule has 1 amide bonds. The fraction of sp³-hybridized carbons (Fsp3) is 0.588. The molecule has 2 aromatic rings. The van der Waals surface area contributed by atoms with Crippen LogP contribution in [0.2, 0.25) is 0 Å². The number of sulfone groups is 1. The average molecular weight is 474 g/mol. The van der Waals surface area contributed by atoms with Crippen molar-refractivity contribution in [3.05, 3.63) is 18.2 Å². The van der Waals surface area contributed by atoms with E-state index in [1.165, 1.54) is 10.4 Å². The number of carbonyl (C=O) groups is 1. The van der Waals surface area contributed by atoms with Crippen LogP contribution in [0.1, 0.15) is 6.42 Å². The summed E-state index contributed by atoms with van der Waals surface area (Å²) in [6.45, 7) is 1.10. The maximum Gasteiger partial charge on any atom is 0.245 e. The molecule has 0 N–H and O–H groups in total. The first-order valence-electron chi connectivity index (χ1n) is 9.57. The summed E-state index contributed by atoms with van der Waals surface area (Å²) in [5.74, 6) is 0.123. The van der Waals surface area contributed by atoms with Crippen molar-refractivity contribution in [2.45, 2.75) is 17.4 Å². The van der Waals surface area contributed by atoms with Crippen molar-refractivity contribution in [2.75, 3.05) is 51.3 Å². The molecule has 1 aromatic carbocycles. The molecule has 0 radical (unpaired) electrons. The summed E-state index contributed by atoms with van der Waals surface area (Å²) in [5, 5.41) is 0. The summed E-state index contributed by atoms with van der Waals surface area (Å²) >= 11 is 0.972. The lowest BCUT2D eigenvalue weighted by Crippen LogP contribution is -2.53. The van der Waals surface area contributed by atoms with Crippen LogP contribution in [0.3, 0.4) is 0 Å². The minimum absolute atomic E-state index is 0.0832. The Hall–Kier alpha value is -1.67. The van der Waals surface area contributed by atoms with E-state index in [0.717, 1.165) is 11.7 Å². The molecule has 30 heavy (non-hydrogen) atoms. The number of likely N-dealkylation sites (N-methyl/N-ethyl adjacent to an activating group) is 1. The average Bonchev–Trinajstić information content (AvgIpc) is 3.33. The van der Waals surface area contributed by atoms with Crippen molar-refractivity contribution in [1.29, 1.82) is 0 Å². The fourth-order valence-electron chi connectivity index (χ4n) is 3.87. The molecule has 164 valence electrons. The summed E-state index contributed by atoms with van der Waals surface area (Å²) in [5.41, 5.74) is 0.918. The van der Waals surface area contributed by atoms with Crippen LogP contribution in [0, 0.1) is 0 Å². The van der Waals surface area contributed by atoms with Crippen molar-refractivity contribution in [1.82, 2.24) is 22.9 Å². The number of nitrogens with zero attached hydrogens (tertiary/aromatic N) is 5. The van der Waals surface area contributed by atoms with Crippen LogP contribution in [0.5, 0.6) is 0 Å². The van der Waals surface area contributed by atoms with E-state index < -0.39 is 19.9 Å². The van der Waals surface area contributed by atoms with Crippen molar-refractivity contribution in [2.24, 2.45) is 0 Å². The summed E-state index contributed by atoms with van der Waals surface area (Å²) in [4.78, 5) is 16.2. The highest BCUT2D eigenvalue weighted by atomic mass is 32.2. The van der Waals surface area contributed by atoms with E-state index in [9.17, 15) is 21.6 Å². The van der Waals surface area contributed by atoms with E-state index in [1.54, 1.807) is 29.0 Å². The van der Waals surface area contributed by atoms with Gasteiger partial charge in [0.2, 0.25) is 15.9 Å².